The molecule has 106 valence electrons. The summed E-state index contributed by atoms with van der Waals surface area (Å²) in [7, 11) is 0. The summed E-state index contributed by atoms with van der Waals surface area (Å²) in [6.07, 6.45) is 0. The number of esters is 1. The number of halogens is 1. The molecule has 0 radical (unpaired) electrons. The van der Waals surface area contributed by atoms with E-state index in [4.69, 9.17) is 20.8 Å². The van der Waals surface area contributed by atoms with Crippen LogP contribution in [0.2, 0.25) is 5.02 Å². The standard InChI is InChI=1S/C13H13ClN2O3S/c1-2-18-12(17)8-20-7-11-15-16-13(19-11)9-5-3-4-6-10(9)14/h3-6H,2,7-8H2,1H3. The summed E-state index contributed by atoms with van der Waals surface area (Å²) in [5, 5.41) is 8.44. The van der Waals surface area contributed by atoms with Crippen molar-refractivity contribution in [2.75, 3.05) is 12.4 Å². The predicted octanol–water partition coefficient (Wildman–Crippen LogP) is 3.19. The summed E-state index contributed by atoms with van der Waals surface area (Å²) in [4.78, 5) is 11.2. The average molecular weight is 313 g/mol. The molecule has 0 aliphatic rings. The fourth-order valence-electron chi connectivity index (χ4n) is 1.48. The molecule has 0 bridgehead atoms. The van der Waals surface area contributed by atoms with Gasteiger partial charge in [-0.15, -0.1) is 22.0 Å². The van der Waals surface area contributed by atoms with E-state index in [2.05, 4.69) is 10.2 Å². The number of carbonyl (C=O) groups is 1. The normalized spacial score (nSPS) is 10.5. The summed E-state index contributed by atoms with van der Waals surface area (Å²) in [6, 6.07) is 7.25. The van der Waals surface area contributed by atoms with E-state index in [1.54, 1.807) is 13.0 Å². The van der Waals surface area contributed by atoms with Crippen LogP contribution >= 0.6 is 23.4 Å². The number of hydrogen-bond acceptors (Lipinski definition) is 6. The third-order valence-electron chi connectivity index (χ3n) is 2.32. The van der Waals surface area contributed by atoms with Gasteiger partial charge in [-0.2, -0.15) is 0 Å². The number of hydrogen-bond donors (Lipinski definition) is 0. The van der Waals surface area contributed by atoms with Crippen molar-refractivity contribution in [2.24, 2.45) is 0 Å². The largest absolute Gasteiger partial charge is 0.465 e. The van der Waals surface area contributed by atoms with Crippen LogP contribution in [0.25, 0.3) is 11.5 Å². The Balaban J connectivity index is 1.93. The van der Waals surface area contributed by atoms with Crippen LogP contribution < -0.4 is 0 Å². The topological polar surface area (TPSA) is 65.2 Å². The first-order valence-electron chi connectivity index (χ1n) is 6.01. The molecule has 1 aromatic carbocycles. The van der Waals surface area contributed by atoms with Gasteiger partial charge in [-0.25, -0.2) is 0 Å². The van der Waals surface area contributed by atoms with E-state index in [0.717, 1.165) is 0 Å². The smallest absolute Gasteiger partial charge is 0.315 e. The van der Waals surface area contributed by atoms with Crippen LogP contribution in [-0.4, -0.2) is 28.5 Å². The maximum atomic E-state index is 11.2. The molecule has 0 unspecified atom stereocenters. The molecule has 0 fully saturated rings. The molecule has 2 aromatic rings. The van der Waals surface area contributed by atoms with Crippen molar-refractivity contribution < 1.29 is 13.9 Å². The van der Waals surface area contributed by atoms with Gasteiger partial charge in [0.15, 0.2) is 0 Å². The third kappa shape index (κ3) is 3.98. The molecule has 1 aromatic heterocycles. The van der Waals surface area contributed by atoms with Gasteiger partial charge in [-0.1, -0.05) is 23.7 Å². The van der Waals surface area contributed by atoms with E-state index in [1.807, 2.05) is 18.2 Å². The van der Waals surface area contributed by atoms with E-state index < -0.39 is 0 Å². The number of thioether (sulfide) groups is 1. The number of benzene rings is 1. The van der Waals surface area contributed by atoms with Gasteiger partial charge in [0.2, 0.25) is 11.8 Å². The molecular formula is C13H13ClN2O3S. The minimum absolute atomic E-state index is 0.247. The number of rotatable bonds is 6. The molecule has 5 nitrogen and oxygen atoms in total. The van der Waals surface area contributed by atoms with Crippen molar-refractivity contribution in [3.05, 3.63) is 35.2 Å². The molecule has 0 spiro atoms. The van der Waals surface area contributed by atoms with Gasteiger partial charge in [-0.05, 0) is 19.1 Å². The molecule has 0 aliphatic heterocycles. The first-order chi connectivity index (χ1) is 9.70. The lowest BCUT2D eigenvalue weighted by Crippen LogP contribution is -2.06. The zero-order valence-corrected chi connectivity index (χ0v) is 12.4. The monoisotopic (exact) mass is 312 g/mol. The highest BCUT2D eigenvalue weighted by Gasteiger charge is 2.12. The minimum atomic E-state index is -0.247. The Labute approximate surface area is 125 Å². The van der Waals surface area contributed by atoms with Gasteiger partial charge in [0.05, 0.1) is 28.7 Å². The molecule has 1 heterocycles. The summed E-state index contributed by atoms with van der Waals surface area (Å²) in [5.41, 5.74) is 0.698. The Hall–Kier alpha value is -1.53. The van der Waals surface area contributed by atoms with Gasteiger partial charge in [-0.3, -0.25) is 4.79 Å². The van der Waals surface area contributed by atoms with Crippen molar-refractivity contribution in [1.82, 2.24) is 10.2 Å². The van der Waals surface area contributed by atoms with Crippen LogP contribution in [0.3, 0.4) is 0 Å². The average Bonchev–Trinajstić information content (AvgIpc) is 2.88. The number of aromatic nitrogens is 2. The van der Waals surface area contributed by atoms with Crippen molar-refractivity contribution in [3.63, 3.8) is 0 Å². The molecule has 0 N–H and O–H groups in total. The Morgan fingerprint density at radius 3 is 2.95 bits per heavy atom. The van der Waals surface area contributed by atoms with Crippen LogP contribution in [0.4, 0.5) is 0 Å². The Kier molecular flexibility index (Phi) is 5.43. The SMILES string of the molecule is CCOC(=O)CSCc1nnc(-c2ccccc2Cl)o1. The highest BCUT2D eigenvalue weighted by molar-refractivity contribution is 7.99. The fourth-order valence-corrected chi connectivity index (χ4v) is 2.34. The van der Waals surface area contributed by atoms with Gasteiger partial charge < -0.3 is 9.15 Å². The molecule has 0 saturated carbocycles. The predicted molar refractivity (Wildman–Crippen MR) is 77.5 cm³/mol. The van der Waals surface area contributed by atoms with Crippen LogP contribution in [0.15, 0.2) is 28.7 Å². The van der Waals surface area contributed by atoms with Gasteiger partial charge >= 0.3 is 5.97 Å². The summed E-state index contributed by atoms with van der Waals surface area (Å²) >= 11 is 7.42. The molecule has 0 amide bonds. The molecule has 0 atom stereocenters. The van der Waals surface area contributed by atoms with Crippen molar-refractivity contribution >= 4 is 29.3 Å². The second kappa shape index (κ2) is 7.31. The Morgan fingerprint density at radius 1 is 1.40 bits per heavy atom. The first-order valence-corrected chi connectivity index (χ1v) is 7.54. The van der Waals surface area contributed by atoms with Crippen LogP contribution in [-0.2, 0) is 15.3 Å². The Morgan fingerprint density at radius 2 is 2.20 bits per heavy atom. The van der Waals surface area contributed by atoms with Crippen LogP contribution in [0, 0.1) is 0 Å². The second-order valence-corrected chi connectivity index (χ2v) is 5.17. The lowest BCUT2D eigenvalue weighted by molar-refractivity contribution is -0.139. The summed E-state index contributed by atoms with van der Waals surface area (Å²) < 4.78 is 10.3. The Bertz CT molecular complexity index is 589. The van der Waals surface area contributed by atoms with Gasteiger partial charge in [0.1, 0.15) is 0 Å². The molecule has 0 saturated heterocycles. The lowest BCUT2D eigenvalue weighted by Gasteiger charge is -1.99. The summed E-state index contributed by atoms with van der Waals surface area (Å²) in [5.74, 6) is 1.30. The first kappa shape index (κ1) is 14.9. The van der Waals surface area contributed by atoms with E-state index in [0.29, 0.717) is 34.7 Å². The van der Waals surface area contributed by atoms with Crippen molar-refractivity contribution in [1.29, 1.82) is 0 Å². The summed E-state index contributed by atoms with van der Waals surface area (Å²) in [6.45, 7) is 2.16. The second-order valence-electron chi connectivity index (χ2n) is 3.78. The number of nitrogens with zero attached hydrogens (tertiary/aromatic N) is 2. The number of carbonyl (C=O) groups excluding carboxylic acids is 1. The minimum Gasteiger partial charge on any atom is -0.465 e. The van der Waals surface area contributed by atoms with Gasteiger partial charge in [0, 0.05) is 0 Å². The maximum absolute atomic E-state index is 11.2. The van der Waals surface area contributed by atoms with Crippen molar-refractivity contribution in [2.45, 2.75) is 12.7 Å². The maximum Gasteiger partial charge on any atom is 0.315 e. The van der Waals surface area contributed by atoms with Crippen LogP contribution in [0.5, 0.6) is 0 Å². The van der Waals surface area contributed by atoms with E-state index in [-0.39, 0.29) is 11.7 Å². The molecule has 2 rings (SSSR count). The van der Waals surface area contributed by atoms with E-state index in [9.17, 15) is 4.79 Å². The van der Waals surface area contributed by atoms with Crippen molar-refractivity contribution in [3.8, 4) is 11.5 Å². The van der Waals surface area contributed by atoms with Gasteiger partial charge in [0.25, 0.3) is 0 Å². The zero-order chi connectivity index (χ0) is 14.4. The number of ether oxygens (including phenoxy) is 1. The van der Waals surface area contributed by atoms with Crippen LogP contribution in [0.1, 0.15) is 12.8 Å². The molecule has 0 aliphatic carbocycles. The molecule has 7 heteroatoms. The zero-order valence-electron chi connectivity index (χ0n) is 10.8. The molecular weight excluding hydrogens is 300 g/mol. The highest BCUT2D eigenvalue weighted by atomic mass is 35.5. The lowest BCUT2D eigenvalue weighted by atomic mass is 10.2. The molecule has 20 heavy (non-hydrogen) atoms. The van der Waals surface area contributed by atoms with E-state index in [1.165, 1.54) is 11.8 Å². The fraction of sp³-hybridized carbons (Fsp3) is 0.308. The van der Waals surface area contributed by atoms with E-state index >= 15 is 0 Å². The third-order valence-corrected chi connectivity index (χ3v) is 3.54. The highest BCUT2D eigenvalue weighted by Crippen LogP contribution is 2.26. The quantitative estimate of drug-likeness (QED) is 0.763.